The number of hydrogen-bond acceptors (Lipinski definition) is 6. The minimum atomic E-state index is -4.35. The summed E-state index contributed by atoms with van der Waals surface area (Å²) in [5.41, 5.74) is 0.879. The van der Waals surface area contributed by atoms with Gasteiger partial charge in [0.05, 0.1) is 10.4 Å². The zero-order valence-corrected chi connectivity index (χ0v) is 19.5. The Morgan fingerprint density at radius 2 is 1.77 bits per heavy atom. The summed E-state index contributed by atoms with van der Waals surface area (Å²) >= 11 is 1.38. The maximum atomic E-state index is 13.0. The summed E-state index contributed by atoms with van der Waals surface area (Å²) in [6.07, 6.45) is -4.35. The first-order valence-electron chi connectivity index (χ1n) is 11.1. The van der Waals surface area contributed by atoms with E-state index in [1.807, 2.05) is 17.5 Å². The number of piperazine rings is 1. The molecule has 0 spiro atoms. The van der Waals surface area contributed by atoms with Crippen LogP contribution in [-0.4, -0.2) is 48.7 Å². The third kappa shape index (κ3) is 5.54. The van der Waals surface area contributed by atoms with Crippen LogP contribution in [0.2, 0.25) is 0 Å². The second-order valence-electron chi connectivity index (χ2n) is 8.39. The number of thiophene rings is 1. The Morgan fingerprint density at radius 1 is 0.971 bits per heavy atom. The maximum Gasteiger partial charge on any atom is 0.416 e. The van der Waals surface area contributed by atoms with Crippen molar-refractivity contribution in [3.8, 4) is 17.2 Å². The van der Waals surface area contributed by atoms with E-state index in [-0.39, 0.29) is 12.7 Å². The first kappa shape index (κ1) is 23.5. The van der Waals surface area contributed by atoms with Crippen molar-refractivity contribution in [2.75, 3.05) is 33.0 Å². The number of carbonyl (C=O) groups excluding carboxylic acids is 1. The molecule has 2 aliphatic rings. The Kier molecular flexibility index (Phi) is 6.57. The second kappa shape index (κ2) is 9.79. The van der Waals surface area contributed by atoms with Crippen molar-refractivity contribution in [2.24, 2.45) is 0 Å². The molecule has 6 nitrogen and oxygen atoms in total. The van der Waals surface area contributed by atoms with E-state index in [0.717, 1.165) is 11.6 Å². The van der Waals surface area contributed by atoms with Gasteiger partial charge in [-0.15, -0.1) is 11.3 Å². The zero-order valence-electron chi connectivity index (χ0n) is 18.7. The number of ether oxygens (including phenoxy) is 3. The van der Waals surface area contributed by atoms with E-state index in [0.29, 0.717) is 67.0 Å². The summed E-state index contributed by atoms with van der Waals surface area (Å²) in [6, 6.07) is 12.6. The van der Waals surface area contributed by atoms with Gasteiger partial charge in [-0.05, 0) is 35.2 Å². The Labute approximate surface area is 204 Å². The van der Waals surface area contributed by atoms with Crippen LogP contribution in [0.3, 0.4) is 0 Å². The highest BCUT2D eigenvalue weighted by atomic mass is 32.1. The molecule has 0 radical (unpaired) electrons. The van der Waals surface area contributed by atoms with Crippen molar-refractivity contribution in [1.29, 1.82) is 0 Å². The largest absolute Gasteiger partial charge is 0.489 e. The van der Waals surface area contributed by atoms with E-state index < -0.39 is 11.7 Å². The van der Waals surface area contributed by atoms with Gasteiger partial charge in [0.1, 0.15) is 12.4 Å². The number of carbonyl (C=O) groups is 1. The first-order valence-corrected chi connectivity index (χ1v) is 12.0. The lowest BCUT2D eigenvalue weighted by molar-refractivity contribution is -0.137. The zero-order chi connectivity index (χ0) is 24.4. The minimum Gasteiger partial charge on any atom is -0.489 e. The highest BCUT2D eigenvalue weighted by Gasteiger charge is 2.30. The van der Waals surface area contributed by atoms with Gasteiger partial charge in [-0.25, -0.2) is 0 Å². The fourth-order valence-corrected chi connectivity index (χ4v) is 4.93. The van der Waals surface area contributed by atoms with Gasteiger partial charge >= 0.3 is 6.18 Å². The fourth-order valence-electron chi connectivity index (χ4n) is 4.07. The number of rotatable bonds is 6. The van der Waals surface area contributed by atoms with E-state index in [2.05, 4.69) is 4.90 Å². The van der Waals surface area contributed by atoms with Crippen molar-refractivity contribution in [1.82, 2.24) is 9.80 Å². The van der Waals surface area contributed by atoms with E-state index in [9.17, 15) is 18.0 Å². The molecule has 35 heavy (non-hydrogen) atoms. The Morgan fingerprint density at radius 3 is 2.57 bits per heavy atom. The van der Waals surface area contributed by atoms with Crippen LogP contribution in [0.5, 0.6) is 17.2 Å². The molecule has 2 aromatic carbocycles. The second-order valence-corrected chi connectivity index (χ2v) is 9.30. The van der Waals surface area contributed by atoms with Gasteiger partial charge in [0, 0.05) is 44.4 Å². The third-order valence-corrected chi connectivity index (χ3v) is 6.90. The van der Waals surface area contributed by atoms with Gasteiger partial charge in [-0.1, -0.05) is 18.2 Å². The Hall–Kier alpha value is -3.24. The predicted molar refractivity (Wildman–Crippen MR) is 124 cm³/mol. The summed E-state index contributed by atoms with van der Waals surface area (Å²) in [5.74, 6) is 1.96. The molecule has 10 heteroatoms. The molecule has 0 aliphatic carbocycles. The molecule has 1 aromatic heterocycles. The number of nitrogens with zero attached hydrogens (tertiary/aromatic N) is 2. The Balaban J connectivity index is 1.12. The van der Waals surface area contributed by atoms with Crippen LogP contribution in [0.25, 0.3) is 0 Å². The topological polar surface area (TPSA) is 51.2 Å². The average molecular weight is 505 g/mol. The number of benzene rings is 2. The van der Waals surface area contributed by atoms with Gasteiger partial charge in [-0.3, -0.25) is 9.69 Å². The van der Waals surface area contributed by atoms with Crippen molar-refractivity contribution in [3.63, 3.8) is 0 Å². The molecule has 2 aliphatic heterocycles. The summed E-state index contributed by atoms with van der Waals surface area (Å²) < 4.78 is 55.3. The number of amides is 1. The van der Waals surface area contributed by atoms with Crippen molar-refractivity contribution in [2.45, 2.75) is 19.3 Å². The lowest BCUT2D eigenvalue weighted by Gasteiger charge is -2.34. The number of halogens is 3. The highest BCUT2D eigenvalue weighted by Crippen LogP contribution is 2.35. The van der Waals surface area contributed by atoms with Gasteiger partial charge in [-0.2, -0.15) is 13.2 Å². The standard InChI is InChI=1S/C25H23F3N2O4S/c26-25(27,28)19-3-1-2-17(10-19)13-29-6-8-30(9-7-29)24(31)23-11-18(15-35-23)14-32-20-4-5-21-22(12-20)34-16-33-21/h1-5,10-12,15H,6-9,13-14,16H2. The number of hydrogen-bond donors (Lipinski definition) is 0. The van der Waals surface area contributed by atoms with Crippen LogP contribution in [-0.2, 0) is 19.3 Å². The van der Waals surface area contributed by atoms with Crippen LogP contribution in [0.15, 0.2) is 53.9 Å². The van der Waals surface area contributed by atoms with Crippen LogP contribution in [0.4, 0.5) is 13.2 Å². The van der Waals surface area contributed by atoms with Gasteiger partial charge < -0.3 is 19.1 Å². The molecule has 0 unspecified atom stereocenters. The molecule has 1 fully saturated rings. The lowest BCUT2D eigenvalue weighted by Crippen LogP contribution is -2.48. The molecule has 0 atom stereocenters. The molecule has 5 rings (SSSR count). The molecular weight excluding hydrogens is 481 g/mol. The van der Waals surface area contributed by atoms with Crippen LogP contribution >= 0.6 is 11.3 Å². The normalized spacial score (nSPS) is 15.9. The monoisotopic (exact) mass is 504 g/mol. The van der Waals surface area contributed by atoms with Gasteiger partial charge in [0.25, 0.3) is 5.91 Å². The Bertz CT molecular complexity index is 1210. The molecular formula is C25H23F3N2O4S. The lowest BCUT2D eigenvalue weighted by atomic mass is 10.1. The summed E-state index contributed by atoms with van der Waals surface area (Å²) in [6.45, 7) is 3.22. The molecule has 184 valence electrons. The van der Waals surface area contributed by atoms with Crippen LogP contribution in [0.1, 0.15) is 26.4 Å². The fraction of sp³-hybridized carbons (Fsp3) is 0.320. The third-order valence-electron chi connectivity index (χ3n) is 5.93. The summed E-state index contributed by atoms with van der Waals surface area (Å²) in [7, 11) is 0. The molecule has 1 amide bonds. The van der Waals surface area contributed by atoms with Crippen molar-refractivity contribution < 1.29 is 32.2 Å². The SMILES string of the molecule is O=C(c1cc(COc2ccc3c(c2)OCO3)cs1)N1CCN(Cc2cccc(C(F)(F)F)c2)CC1. The molecule has 1 saturated heterocycles. The molecule has 3 heterocycles. The molecule has 0 saturated carbocycles. The highest BCUT2D eigenvalue weighted by molar-refractivity contribution is 7.12. The first-order chi connectivity index (χ1) is 16.8. The van der Waals surface area contributed by atoms with Crippen LogP contribution < -0.4 is 14.2 Å². The van der Waals surface area contributed by atoms with Gasteiger partial charge in [0.15, 0.2) is 11.5 Å². The van der Waals surface area contributed by atoms with Crippen molar-refractivity contribution in [3.05, 3.63) is 75.5 Å². The number of alkyl halides is 3. The summed E-state index contributed by atoms with van der Waals surface area (Å²) in [4.78, 5) is 17.5. The smallest absolute Gasteiger partial charge is 0.416 e. The quantitative estimate of drug-likeness (QED) is 0.471. The van der Waals surface area contributed by atoms with E-state index in [4.69, 9.17) is 14.2 Å². The van der Waals surface area contributed by atoms with E-state index in [1.165, 1.54) is 23.5 Å². The average Bonchev–Trinajstić information content (AvgIpc) is 3.52. The summed E-state index contributed by atoms with van der Waals surface area (Å²) in [5, 5.41) is 1.91. The van der Waals surface area contributed by atoms with Gasteiger partial charge in [0.2, 0.25) is 6.79 Å². The molecule has 0 N–H and O–H groups in total. The predicted octanol–water partition coefficient (Wildman–Crippen LogP) is 5.03. The minimum absolute atomic E-state index is 0.0388. The van der Waals surface area contributed by atoms with Crippen molar-refractivity contribution >= 4 is 17.2 Å². The molecule has 0 bridgehead atoms. The maximum absolute atomic E-state index is 13.0. The van der Waals surface area contributed by atoms with Crippen LogP contribution in [0, 0.1) is 0 Å². The van der Waals surface area contributed by atoms with E-state index >= 15 is 0 Å². The molecule has 3 aromatic rings. The number of fused-ring (bicyclic) bond motifs is 1. The van der Waals surface area contributed by atoms with E-state index in [1.54, 1.807) is 23.1 Å².